The van der Waals surface area contributed by atoms with Gasteiger partial charge in [-0.05, 0) is 6.07 Å². The number of nitrogens with zero attached hydrogens (tertiary/aromatic N) is 1. The molecule has 5 N–H and O–H groups in total. The third kappa shape index (κ3) is 2.50. The Bertz CT molecular complexity index is 536. The molecule has 21 heavy (non-hydrogen) atoms. The number of nitro groups is 1. The first-order chi connectivity index (χ1) is 9.82. The minimum Gasteiger partial charge on any atom is -0.394 e. The zero-order valence-corrected chi connectivity index (χ0v) is 10.7. The molecule has 1 aromatic carbocycles. The number of nitro benzene ring substituents is 1. The van der Waals surface area contributed by atoms with Crippen molar-refractivity contribution in [1.29, 1.82) is 0 Å². The molecule has 0 radical (unpaired) electrons. The maximum absolute atomic E-state index is 11.0. The highest BCUT2D eigenvalue weighted by molar-refractivity contribution is 5.43. The van der Waals surface area contributed by atoms with Gasteiger partial charge in [0, 0.05) is 6.07 Å². The van der Waals surface area contributed by atoms with Gasteiger partial charge in [-0.3, -0.25) is 10.1 Å². The lowest BCUT2D eigenvalue weighted by molar-refractivity contribution is -0.396. The summed E-state index contributed by atoms with van der Waals surface area (Å²) in [6.07, 6.45) is -6.93. The lowest BCUT2D eigenvalue weighted by Crippen LogP contribution is -2.63. The molecular weight excluding hydrogens is 286 g/mol. The molecule has 2 rings (SSSR count). The number of hydrogen-bond donors (Lipinski definition) is 5. The zero-order chi connectivity index (χ0) is 15.8. The average molecular weight is 301 g/mol. The van der Waals surface area contributed by atoms with E-state index >= 15 is 0 Å². The van der Waals surface area contributed by atoms with Crippen molar-refractivity contribution in [3.8, 4) is 0 Å². The second kappa shape index (κ2) is 5.64. The standard InChI is InChI=1S/C12H15NO8/c14-5-8-9(15)10(16)11(17)12(18,21-8)6-3-1-2-4-7(6)13(19)20/h1-4,8-11,14-18H,5H2/t8-,9-,10+,11-,12?/m1/s1. The molecule has 5 atom stereocenters. The Kier molecular flexibility index (Phi) is 4.23. The quantitative estimate of drug-likeness (QED) is 0.324. The molecule has 0 bridgehead atoms. The Morgan fingerprint density at radius 3 is 2.43 bits per heavy atom. The molecule has 0 aliphatic carbocycles. The monoisotopic (exact) mass is 301 g/mol. The molecule has 1 aromatic rings. The maximum Gasteiger partial charge on any atom is 0.278 e. The lowest BCUT2D eigenvalue weighted by atomic mass is 9.87. The molecule has 1 saturated heterocycles. The first-order valence-electron chi connectivity index (χ1n) is 6.12. The molecular formula is C12H15NO8. The van der Waals surface area contributed by atoms with Gasteiger partial charge in [-0.1, -0.05) is 12.1 Å². The Balaban J connectivity index is 2.52. The summed E-state index contributed by atoms with van der Waals surface area (Å²) in [5, 5.41) is 59.9. The van der Waals surface area contributed by atoms with Crippen molar-refractivity contribution in [3.63, 3.8) is 0 Å². The highest BCUT2D eigenvalue weighted by Crippen LogP contribution is 2.39. The third-order valence-electron chi connectivity index (χ3n) is 3.45. The predicted molar refractivity (Wildman–Crippen MR) is 67.0 cm³/mol. The van der Waals surface area contributed by atoms with Gasteiger partial charge in [0.1, 0.15) is 24.4 Å². The van der Waals surface area contributed by atoms with Crippen molar-refractivity contribution in [1.82, 2.24) is 0 Å². The highest BCUT2D eigenvalue weighted by atomic mass is 16.7. The molecule has 1 aliphatic heterocycles. The molecule has 0 aromatic heterocycles. The van der Waals surface area contributed by atoms with Crippen LogP contribution < -0.4 is 0 Å². The van der Waals surface area contributed by atoms with Gasteiger partial charge < -0.3 is 30.3 Å². The molecule has 1 unspecified atom stereocenters. The summed E-state index contributed by atoms with van der Waals surface area (Å²) >= 11 is 0. The van der Waals surface area contributed by atoms with Crippen LogP contribution in [0.3, 0.4) is 0 Å². The molecule has 1 heterocycles. The van der Waals surface area contributed by atoms with Crippen LogP contribution in [0.25, 0.3) is 0 Å². The summed E-state index contributed by atoms with van der Waals surface area (Å²) < 4.78 is 5.04. The van der Waals surface area contributed by atoms with Crippen molar-refractivity contribution in [2.24, 2.45) is 0 Å². The summed E-state index contributed by atoms with van der Waals surface area (Å²) in [5.41, 5.74) is -0.911. The zero-order valence-electron chi connectivity index (χ0n) is 10.7. The third-order valence-corrected chi connectivity index (χ3v) is 3.45. The minimum atomic E-state index is -2.63. The summed E-state index contributed by atoms with van der Waals surface area (Å²) in [4.78, 5) is 10.2. The number of ether oxygens (including phenoxy) is 1. The molecule has 0 saturated carbocycles. The second-order valence-electron chi connectivity index (χ2n) is 4.74. The molecule has 0 amide bonds. The van der Waals surface area contributed by atoms with E-state index in [9.17, 15) is 30.5 Å². The number of aliphatic hydroxyl groups is 5. The Morgan fingerprint density at radius 2 is 1.86 bits per heavy atom. The van der Waals surface area contributed by atoms with E-state index in [1.54, 1.807) is 0 Å². The first kappa shape index (κ1) is 15.8. The van der Waals surface area contributed by atoms with E-state index in [4.69, 9.17) is 9.84 Å². The summed E-state index contributed by atoms with van der Waals surface area (Å²) in [6.45, 7) is -0.756. The molecule has 1 fully saturated rings. The van der Waals surface area contributed by atoms with Crippen LogP contribution in [0.5, 0.6) is 0 Å². The fraction of sp³-hybridized carbons (Fsp3) is 0.500. The van der Waals surface area contributed by atoms with Crippen molar-refractivity contribution in [2.75, 3.05) is 6.61 Å². The van der Waals surface area contributed by atoms with Gasteiger partial charge in [-0.2, -0.15) is 0 Å². The Morgan fingerprint density at radius 1 is 1.24 bits per heavy atom. The Labute approximate surface area is 118 Å². The van der Waals surface area contributed by atoms with Gasteiger partial charge in [-0.15, -0.1) is 0 Å². The van der Waals surface area contributed by atoms with E-state index in [2.05, 4.69) is 0 Å². The molecule has 9 nitrogen and oxygen atoms in total. The van der Waals surface area contributed by atoms with Crippen molar-refractivity contribution in [3.05, 3.63) is 39.9 Å². The lowest BCUT2D eigenvalue weighted by Gasteiger charge is -2.45. The summed E-state index contributed by atoms with van der Waals surface area (Å²) in [5.74, 6) is -2.63. The van der Waals surface area contributed by atoms with E-state index < -0.39 is 47.4 Å². The molecule has 0 spiro atoms. The number of para-hydroxylation sites is 1. The van der Waals surface area contributed by atoms with E-state index in [-0.39, 0.29) is 5.56 Å². The molecule has 1 aliphatic rings. The van der Waals surface area contributed by atoms with Crippen LogP contribution in [-0.4, -0.2) is 61.5 Å². The van der Waals surface area contributed by atoms with Crippen molar-refractivity contribution >= 4 is 5.69 Å². The summed E-state index contributed by atoms with van der Waals surface area (Å²) in [7, 11) is 0. The smallest absolute Gasteiger partial charge is 0.278 e. The average Bonchev–Trinajstić information content (AvgIpc) is 2.49. The molecule has 9 heteroatoms. The second-order valence-corrected chi connectivity index (χ2v) is 4.74. The van der Waals surface area contributed by atoms with Gasteiger partial charge in [0.2, 0.25) is 5.79 Å². The minimum absolute atomic E-state index is 0.383. The molecule has 116 valence electrons. The highest BCUT2D eigenvalue weighted by Gasteiger charge is 2.55. The van der Waals surface area contributed by atoms with Crippen LogP contribution in [0.15, 0.2) is 24.3 Å². The van der Waals surface area contributed by atoms with E-state index in [1.807, 2.05) is 0 Å². The predicted octanol–water partition coefficient (Wildman–Crippen LogP) is -1.79. The first-order valence-corrected chi connectivity index (χ1v) is 6.12. The SMILES string of the molecule is O=[N+]([O-])c1ccccc1C1(O)O[C@H](CO)[C@@H](O)[C@H](O)[C@H]1O. The van der Waals surface area contributed by atoms with Gasteiger partial charge in [0.25, 0.3) is 5.69 Å². The Hall–Kier alpha value is -1.62. The largest absolute Gasteiger partial charge is 0.394 e. The van der Waals surface area contributed by atoms with Crippen LogP contribution in [0, 0.1) is 10.1 Å². The fourth-order valence-corrected chi connectivity index (χ4v) is 2.31. The van der Waals surface area contributed by atoms with Crippen LogP contribution in [0.2, 0.25) is 0 Å². The topological polar surface area (TPSA) is 154 Å². The van der Waals surface area contributed by atoms with Gasteiger partial charge >= 0.3 is 0 Å². The van der Waals surface area contributed by atoms with Crippen molar-refractivity contribution in [2.45, 2.75) is 30.2 Å². The fourth-order valence-electron chi connectivity index (χ4n) is 2.31. The van der Waals surface area contributed by atoms with Crippen LogP contribution in [0.4, 0.5) is 5.69 Å². The van der Waals surface area contributed by atoms with Crippen LogP contribution >= 0.6 is 0 Å². The number of benzene rings is 1. The maximum atomic E-state index is 11.0. The number of rotatable bonds is 3. The van der Waals surface area contributed by atoms with Crippen molar-refractivity contribution < 1.29 is 35.2 Å². The van der Waals surface area contributed by atoms with E-state index in [1.165, 1.54) is 12.1 Å². The number of hydrogen-bond acceptors (Lipinski definition) is 8. The van der Waals surface area contributed by atoms with E-state index in [0.717, 1.165) is 12.1 Å². The van der Waals surface area contributed by atoms with Gasteiger partial charge in [0.05, 0.1) is 17.1 Å². The van der Waals surface area contributed by atoms with Crippen LogP contribution in [-0.2, 0) is 10.5 Å². The number of aliphatic hydroxyl groups excluding tert-OH is 4. The van der Waals surface area contributed by atoms with Gasteiger partial charge in [-0.25, -0.2) is 0 Å². The normalized spacial score (nSPS) is 36.4. The van der Waals surface area contributed by atoms with Gasteiger partial charge in [0.15, 0.2) is 0 Å². The van der Waals surface area contributed by atoms with E-state index in [0.29, 0.717) is 0 Å². The van der Waals surface area contributed by atoms with Crippen LogP contribution in [0.1, 0.15) is 5.56 Å². The summed E-state index contributed by atoms with van der Waals surface area (Å²) in [6, 6.07) is 4.98.